The molecule has 0 unspecified atom stereocenters. The van der Waals surface area contributed by atoms with Crippen LogP contribution in [-0.4, -0.2) is 25.1 Å². The zero-order valence-electron chi connectivity index (χ0n) is 14.7. The van der Waals surface area contributed by atoms with Crippen LogP contribution in [0.3, 0.4) is 0 Å². The number of carbonyl (C=O) groups is 2. The van der Waals surface area contributed by atoms with Crippen molar-refractivity contribution < 1.29 is 19.1 Å². The fourth-order valence-electron chi connectivity index (χ4n) is 2.28. The average Bonchev–Trinajstić information content (AvgIpc) is 2.62. The Morgan fingerprint density at radius 3 is 2.24 bits per heavy atom. The van der Waals surface area contributed by atoms with Crippen molar-refractivity contribution in [3.8, 4) is 5.75 Å². The number of ether oxygens (including phenoxy) is 2. The summed E-state index contributed by atoms with van der Waals surface area (Å²) in [7, 11) is 0. The van der Waals surface area contributed by atoms with E-state index >= 15 is 0 Å². The molecule has 0 heterocycles. The highest BCUT2D eigenvalue weighted by Crippen LogP contribution is 2.24. The first-order valence-corrected chi connectivity index (χ1v) is 8.19. The van der Waals surface area contributed by atoms with Gasteiger partial charge in [0.25, 0.3) is 5.91 Å². The van der Waals surface area contributed by atoms with Crippen molar-refractivity contribution in [1.82, 2.24) is 0 Å². The van der Waals surface area contributed by atoms with Gasteiger partial charge in [0.1, 0.15) is 5.75 Å². The predicted molar refractivity (Wildman–Crippen MR) is 96.7 cm³/mol. The molecule has 132 valence electrons. The van der Waals surface area contributed by atoms with Crippen molar-refractivity contribution in [3.05, 3.63) is 60.2 Å². The maximum absolute atomic E-state index is 12.3. The van der Waals surface area contributed by atoms with E-state index in [4.69, 9.17) is 9.47 Å². The maximum atomic E-state index is 12.3. The van der Waals surface area contributed by atoms with E-state index in [0.717, 1.165) is 11.3 Å². The van der Waals surface area contributed by atoms with Gasteiger partial charge in [0.05, 0.1) is 12.0 Å². The van der Waals surface area contributed by atoms with Gasteiger partial charge in [0.15, 0.2) is 6.61 Å². The van der Waals surface area contributed by atoms with Crippen molar-refractivity contribution in [2.75, 3.05) is 18.5 Å². The lowest BCUT2D eigenvalue weighted by Crippen LogP contribution is -2.33. The summed E-state index contributed by atoms with van der Waals surface area (Å²) in [6.45, 7) is 5.70. The lowest BCUT2D eigenvalue weighted by Gasteiger charge is -2.22. The number of anilines is 1. The van der Waals surface area contributed by atoms with Crippen molar-refractivity contribution in [2.24, 2.45) is 0 Å². The molecule has 5 nitrogen and oxygen atoms in total. The molecule has 1 N–H and O–H groups in total. The van der Waals surface area contributed by atoms with Gasteiger partial charge in [-0.15, -0.1) is 0 Å². The van der Waals surface area contributed by atoms with Crippen LogP contribution < -0.4 is 10.1 Å². The number of hydrogen-bond donors (Lipinski definition) is 1. The molecule has 2 rings (SSSR count). The van der Waals surface area contributed by atoms with Crippen LogP contribution in [0.15, 0.2) is 54.6 Å². The lowest BCUT2D eigenvalue weighted by molar-refractivity contribution is -0.152. The van der Waals surface area contributed by atoms with Gasteiger partial charge in [-0.25, -0.2) is 0 Å². The van der Waals surface area contributed by atoms with Crippen LogP contribution in [0.4, 0.5) is 5.69 Å². The molecule has 0 atom stereocenters. The van der Waals surface area contributed by atoms with Crippen molar-refractivity contribution in [1.29, 1.82) is 0 Å². The summed E-state index contributed by atoms with van der Waals surface area (Å²) in [5, 5.41) is 2.69. The Morgan fingerprint density at radius 1 is 1.00 bits per heavy atom. The zero-order chi connectivity index (χ0) is 18.3. The van der Waals surface area contributed by atoms with Gasteiger partial charge in [-0.05, 0) is 50.6 Å². The first-order chi connectivity index (χ1) is 11.9. The van der Waals surface area contributed by atoms with E-state index in [2.05, 4.69) is 5.32 Å². The molecule has 0 aliphatic carbocycles. The lowest BCUT2D eigenvalue weighted by atomic mass is 9.85. The average molecular weight is 341 g/mol. The Hall–Kier alpha value is -2.82. The number of carbonyl (C=O) groups excluding carboxylic acids is 2. The summed E-state index contributed by atoms with van der Waals surface area (Å²) < 4.78 is 10.5. The van der Waals surface area contributed by atoms with E-state index in [-0.39, 0.29) is 12.5 Å². The second-order valence-electron chi connectivity index (χ2n) is 6.07. The van der Waals surface area contributed by atoms with Gasteiger partial charge in [-0.3, -0.25) is 9.59 Å². The number of nitrogens with one attached hydrogen (secondary N) is 1. The molecule has 0 aliphatic heterocycles. The van der Waals surface area contributed by atoms with E-state index in [1.165, 1.54) is 0 Å². The summed E-state index contributed by atoms with van der Waals surface area (Å²) in [6, 6.07) is 16.3. The molecule has 0 bridgehead atoms. The van der Waals surface area contributed by atoms with Crippen LogP contribution in [-0.2, 0) is 19.7 Å². The van der Waals surface area contributed by atoms with Gasteiger partial charge in [-0.2, -0.15) is 0 Å². The number of esters is 1. The number of amides is 1. The van der Waals surface area contributed by atoms with E-state index < -0.39 is 11.4 Å². The largest absolute Gasteiger partial charge is 0.494 e. The monoisotopic (exact) mass is 341 g/mol. The predicted octanol–water partition coefficient (Wildman–Crippen LogP) is 3.54. The second-order valence-corrected chi connectivity index (χ2v) is 6.07. The van der Waals surface area contributed by atoms with Gasteiger partial charge in [0, 0.05) is 5.69 Å². The van der Waals surface area contributed by atoms with E-state index in [9.17, 15) is 9.59 Å². The molecule has 0 saturated heterocycles. The normalized spacial score (nSPS) is 10.8. The molecule has 1 amide bonds. The zero-order valence-corrected chi connectivity index (χ0v) is 14.7. The molecule has 5 heteroatoms. The van der Waals surface area contributed by atoms with Crippen LogP contribution in [0.25, 0.3) is 0 Å². The van der Waals surface area contributed by atoms with Gasteiger partial charge >= 0.3 is 5.97 Å². The molecule has 0 fully saturated rings. The van der Waals surface area contributed by atoms with Crippen LogP contribution >= 0.6 is 0 Å². The Bertz CT molecular complexity index is 708. The maximum Gasteiger partial charge on any atom is 0.316 e. The molecule has 0 aliphatic rings. The molecular formula is C20H23NO4. The fourth-order valence-corrected chi connectivity index (χ4v) is 2.28. The Kier molecular flexibility index (Phi) is 6.17. The highest BCUT2D eigenvalue weighted by molar-refractivity contribution is 5.93. The van der Waals surface area contributed by atoms with Crippen molar-refractivity contribution in [3.63, 3.8) is 0 Å². The minimum Gasteiger partial charge on any atom is -0.494 e. The van der Waals surface area contributed by atoms with Gasteiger partial charge in [-0.1, -0.05) is 30.3 Å². The molecule has 25 heavy (non-hydrogen) atoms. The molecule has 0 saturated carbocycles. The second kappa shape index (κ2) is 8.33. The topological polar surface area (TPSA) is 64.6 Å². The highest BCUT2D eigenvalue weighted by Gasteiger charge is 2.31. The molecular weight excluding hydrogens is 318 g/mol. The molecule has 0 spiro atoms. The molecule has 0 aromatic heterocycles. The fraction of sp³-hybridized carbons (Fsp3) is 0.300. The summed E-state index contributed by atoms with van der Waals surface area (Å²) >= 11 is 0. The third-order valence-corrected chi connectivity index (χ3v) is 3.79. The third kappa shape index (κ3) is 5.08. The standard InChI is InChI=1S/C20H23NO4/c1-4-24-17-12-10-16(11-13-17)21-18(22)14-25-19(23)20(2,3)15-8-6-5-7-9-15/h5-13H,4,14H2,1-3H3,(H,21,22). The Balaban J connectivity index is 1.87. The SMILES string of the molecule is CCOc1ccc(NC(=O)COC(=O)C(C)(C)c2ccccc2)cc1. The van der Waals surface area contributed by atoms with Gasteiger partial charge < -0.3 is 14.8 Å². The summed E-state index contributed by atoms with van der Waals surface area (Å²) in [5.41, 5.74) is 0.638. The number of rotatable bonds is 7. The first kappa shape index (κ1) is 18.5. The summed E-state index contributed by atoms with van der Waals surface area (Å²) in [4.78, 5) is 24.3. The minimum atomic E-state index is -0.819. The van der Waals surface area contributed by atoms with Crippen molar-refractivity contribution in [2.45, 2.75) is 26.2 Å². The van der Waals surface area contributed by atoms with Crippen LogP contribution in [0, 0.1) is 0 Å². The molecule has 2 aromatic rings. The van der Waals surface area contributed by atoms with Crippen LogP contribution in [0.2, 0.25) is 0 Å². The van der Waals surface area contributed by atoms with Crippen LogP contribution in [0.5, 0.6) is 5.75 Å². The summed E-state index contributed by atoms with van der Waals surface area (Å²) in [5.74, 6) is -0.0987. The Morgan fingerprint density at radius 2 is 1.64 bits per heavy atom. The number of benzene rings is 2. The van der Waals surface area contributed by atoms with E-state index in [1.54, 1.807) is 38.1 Å². The van der Waals surface area contributed by atoms with Gasteiger partial charge in [0.2, 0.25) is 0 Å². The first-order valence-electron chi connectivity index (χ1n) is 8.19. The van der Waals surface area contributed by atoms with E-state index in [1.807, 2.05) is 37.3 Å². The van der Waals surface area contributed by atoms with E-state index in [0.29, 0.717) is 12.3 Å². The minimum absolute atomic E-state index is 0.331. The quantitative estimate of drug-likeness (QED) is 0.782. The Labute approximate surface area is 148 Å². The molecule has 0 radical (unpaired) electrons. The van der Waals surface area contributed by atoms with Crippen LogP contribution in [0.1, 0.15) is 26.3 Å². The van der Waals surface area contributed by atoms with Crippen molar-refractivity contribution >= 4 is 17.6 Å². The number of hydrogen-bond acceptors (Lipinski definition) is 4. The highest BCUT2D eigenvalue weighted by atomic mass is 16.5. The third-order valence-electron chi connectivity index (χ3n) is 3.79. The summed E-state index contributed by atoms with van der Waals surface area (Å²) in [6.07, 6.45) is 0. The smallest absolute Gasteiger partial charge is 0.316 e. The molecule has 2 aromatic carbocycles.